The number of aliphatic carboxylic acids is 1. The molecule has 0 atom stereocenters. The molecule has 0 aromatic heterocycles. The number of nitrogens with one attached hydrogen (secondary N) is 1. The van der Waals surface area contributed by atoms with Gasteiger partial charge in [0.1, 0.15) is 0 Å². The maximum atomic E-state index is 11.7. The van der Waals surface area contributed by atoms with E-state index >= 15 is 0 Å². The van der Waals surface area contributed by atoms with Gasteiger partial charge in [-0.2, -0.15) is 13.2 Å². The molecule has 1 aliphatic carbocycles. The van der Waals surface area contributed by atoms with Crippen molar-refractivity contribution in [2.24, 2.45) is 5.41 Å². The molecule has 0 heterocycles. The molecule has 5 nitrogen and oxygen atoms in total. The van der Waals surface area contributed by atoms with Crippen molar-refractivity contribution in [1.29, 1.82) is 0 Å². The van der Waals surface area contributed by atoms with Crippen molar-refractivity contribution in [3.63, 3.8) is 0 Å². The van der Waals surface area contributed by atoms with Crippen LogP contribution in [0.2, 0.25) is 0 Å². The van der Waals surface area contributed by atoms with Crippen LogP contribution in [0.3, 0.4) is 0 Å². The molecule has 0 unspecified atom stereocenters. The lowest BCUT2D eigenvalue weighted by molar-refractivity contribution is -0.192. The van der Waals surface area contributed by atoms with Crippen molar-refractivity contribution in [3.8, 4) is 0 Å². The highest BCUT2D eigenvalue weighted by Gasteiger charge is 2.43. The summed E-state index contributed by atoms with van der Waals surface area (Å²) in [6.45, 7) is -1.60. The van der Waals surface area contributed by atoms with Crippen LogP contribution in [-0.2, 0) is 14.4 Å². The summed E-state index contributed by atoms with van der Waals surface area (Å²) in [5.74, 6) is -1.94. The Morgan fingerprint density at radius 3 is 2.28 bits per heavy atom. The van der Waals surface area contributed by atoms with Gasteiger partial charge in [0.2, 0.25) is 5.91 Å². The number of rotatable bonds is 5. The summed E-state index contributed by atoms with van der Waals surface area (Å²) in [6.07, 6.45) is -2.79. The number of hydroxylamine groups is 1. The van der Waals surface area contributed by atoms with Crippen LogP contribution in [0.4, 0.5) is 13.2 Å². The molecule has 0 bridgehead atoms. The van der Waals surface area contributed by atoms with Crippen LogP contribution < -0.4 is 5.48 Å². The van der Waals surface area contributed by atoms with E-state index in [2.05, 4.69) is 4.84 Å². The zero-order valence-electron chi connectivity index (χ0n) is 9.55. The van der Waals surface area contributed by atoms with Gasteiger partial charge in [0.05, 0.1) is 5.41 Å². The third kappa shape index (κ3) is 4.17. The minimum Gasteiger partial charge on any atom is -0.481 e. The van der Waals surface area contributed by atoms with Crippen molar-refractivity contribution in [3.05, 3.63) is 0 Å². The zero-order chi connectivity index (χ0) is 13.8. The van der Waals surface area contributed by atoms with Gasteiger partial charge in [0.25, 0.3) is 0 Å². The van der Waals surface area contributed by atoms with Gasteiger partial charge in [-0.15, -0.1) is 0 Å². The molecule has 1 rings (SSSR count). The van der Waals surface area contributed by atoms with E-state index < -0.39 is 30.1 Å². The van der Waals surface area contributed by atoms with E-state index in [9.17, 15) is 22.8 Å². The van der Waals surface area contributed by atoms with Crippen LogP contribution in [0.1, 0.15) is 32.1 Å². The predicted molar refractivity (Wildman–Crippen MR) is 53.3 cm³/mol. The number of alkyl halides is 3. The fourth-order valence-electron chi connectivity index (χ4n) is 2.06. The van der Waals surface area contributed by atoms with Crippen molar-refractivity contribution in [1.82, 2.24) is 5.48 Å². The topological polar surface area (TPSA) is 75.6 Å². The average molecular weight is 269 g/mol. The van der Waals surface area contributed by atoms with Crippen LogP contribution in [0, 0.1) is 5.41 Å². The lowest BCUT2D eigenvalue weighted by Gasteiger charge is -2.22. The van der Waals surface area contributed by atoms with Crippen molar-refractivity contribution in [2.45, 2.75) is 38.3 Å². The van der Waals surface area contributed by atoms with E-state index in [1.807, 2.05) is 0 Å². The third-order valence-corrected chi connectivity index (χ3v) is 2.94. The molecule has 0 saturated heterocycles. The van der Waals surface area contributed by atoms with Crippen LogP contribution in [-0.4, -0.2) is 29.8 Å². The summed E-state index contributed by atoms with van der Waals surface area (Å²) < 4.78 is 35.2. The minimum atomic E-state index is -4.54. The van der Waals surface area contributed by atoms with Gasteiger partial charge in [-0.05, 0) is 12.8 Å². The minimum absolute atomic E-state index is 0.356. The first-order valence-corrected chi connectivity index (χ1v) is 5.46. The Kier molecular flexibility index (Phi) is 4.55. The number of carbonyl (C=O) groups excluding carboxylic acids is 1. The Labute approximate surface area is 101 Å². The van der Waals surface area contributed by atoms with Crippen molar-refractivity contribution >= 4 is 11.9 Å². The van der Waals surface area contributed by atoms with Gasteiger partial charge < -0.3 is 5.11 Å². The lowest BCUT2D eigenvalue weighted by Crippen LogP contribution is -2.37. The van der Waals surface area contributed by atoms with Gasteiger partial charge >= 0.3 is 12.1 Å². The summed E-state index contributed by atoms with van der Waals surface area (Å²) in [6, 6.07) is 0. The smallest absolute Gasteiger partial charge is 0.414 e. The standard InChI is InChI=1S/C10H14F3NO4/c11-10(12,13)6-18-14-7(15)5-9(8(16)17)3-1-2-4-9/h1-6H2,(H,14,15)(H,16,17). The second-order valence-corrected chi connectivity index (χ2v) is 4.40. The van der Waals surface area contributed by atoms with Crippen LogP contribution in [0.5, 0.6) is 0 Å². The molecule has 1 saturated carbocycles. The van der Waals surface area contributed by atoms with E-state index in [1.54, 1.807) is 5.48 Å². The van der Waals surface area contributed by atoms with Crippen molar-refractivity contribution < 1.29 is 32.7 Å². The monoisotopic (exact) mass is 269 g/mol. The van der Waals surface area contributed by atoms with E-state index in [-0.39, 0.29) is 6.42 Å². The highest BCUT2D eigenvalue weighted by Crippen LogP contribution is 2.41. The SMILES string of the molecule is O=C(CC1(C(=O)O)CCCC1)NOCC(F)(F)F. The van der Waals surface area contributed by atoms with Crippen molar-refractivity contribution in [2.75, 3.05) is 6.61 Å². The molecular weight excluding hydrogens is 255 g/mol. The first kappa shape index (κ1) is 14.7. The molecule has 1 fully saturated rings. The molecule has 1 aliphatic rings. The van der Waals surface area contributed by atoms with Crippen LogP contribution in [0.15, 0.2) is 0 Å². The quantitative estimate of drug-likeness (QED) is 0.744. The number of amides is 1. The molecule has 0 aliphatic heterocycles. The maximum absolute atomic E-state index is 11.7. The zero-order valence-corrected chi connectivity index (χ0v) is 9.55. The molecule has 8 heteroatoms. The summed E-state index contributed by atoms with van der Waals surface area (Å²) in [5, 5.41) is 9.07. The van der Waals surface area contributed by atoms with Gasteiger partial charge in [-0.1, -0.05) is 12.8 Å². The summed E-state index contributed by atoms with van der Waals surface area (Å²) >= 11 is 0. The van der Waals surface area contributed by atoms with E-state index in [4.69, 9.17) is 5.11 Å². The number of carboxylic acid groups (broad SMARTS) is 1. The molecule has 0 spiro atoms. The highest BCUT2D eigenvalue weighted by molar-refractivity contribution is 5.84. The number of hydrogen-bond acceptors (Lipinski definition) is 3. The Morgan fingerprint density at radius 1 is 1.28 bits per heavy atom. The molecule has 2 N–H and O–H groups in total. The summed E-state index contributed by atoms with van der Waals surface area (Å²) in [7, 11) is 0. The fourth-order valence-corrected chi connectivity index (χ4v) is 2.06. The van der Waals surface area contributed by atoms with Gasteiger partial charge in [-0.3, -0.25) is 14.4 Å². The number of carboxylic acids is 1. The molecule has 104 valence electrons. The molecule has 0 aromatic carbocycles. The maximum Gasteiger partial charge on any atom is 0.414 e. The fraction of sp³-hybridized carbons (Fsp3) is 0.800. The number of carbonyl (C=O) groups is 2. The first-order chi connectivity index (χ1) is 8.25. The molecule has 1 amide bonds. The molecule has 0 radical (unpaired) electrons. The van der Waals surface area contributed by atoms with Crippen LogP contribution in [0.25, 0.3) is 0 Å². The largest absolute Gasteiger partial charge is 0.481 e. The second-order valence-electron chi connectivity index (χ2n) is 4.40. The number of hydrogen-bond donors (Lipinski definition) is 2. The summed E-state index contributed by atoms with van der Waals surface area (Å²) in [5.41, 5.74) is 0.462. The second kappa shape index (κ2) is 5.55. The summed E-state index contributed by atoms with van der Waals surface area (Å²) in [4.78, 5) is 26.4. The molecule has 0 aromatic rings. The van der Waals surface area contributed by atoms with E-state index in [0.29, 0.717) is 25.7 Å². The third-order valence-electron chi connectivity index (χ3n) is 2.94. The first-order valence-electron chi connectivity index (χ1n) is 5.46. The lowest BCUT2D eigenvalue weighted by atomic mass is 9.82. The Balaban J connectivity index is 2.41. The average Bonchev–Trinajstić information content (AvgIpc) is 2.65. The predicted octanol–water partition coefficient (Wildman–Crippen LogP) is 1.63. The Bertz CT molecular complexity index is 324. The van der Waals surface area contributed by atoms with E-state index in [1.165, 1.54) is 0 Å². The number of halogens is 3. The molecular formula is C10H14F3NO4. The van der Waals surface area contributed by atoms with Crippen LogP contribution >= 0.6 is 0 Å². The van der Waals surface area contributed by atoms with Gasteiger partial charge in [0, 0.05) is 6.42 Å². The molecule has 18 heavy (non-hydrogen) atoms. The Hall–Kier alpha value is -1.31. The van der Waals surface area contributed by atoms with Gasteiger partial charge in [-0.25, -0.2) is 5.48 Å². The van der Waals surface area contributed by atoms with Gasteiger partial charge in [0.15, 0.2) is 6.61 Å². The highest BCUT2D eigenvalue weighted by atomic mass is 19.4. The van der Waals surface area contributed by atoms with E-state index in [0.717, 1.165) is 0 Å². The normalized spacial score (nSPS) is 18.6. The Morgan fingerprint density at radius 2 is 1.83 bits per heavy atom.